The van der Waals surface area contributed by atoms with Crippen LogP contribution < -0.4 is 20.1 Å². The minimum absolute atomic E-state index is 0. The monoisotopic (exact) mass is 532 g/mol. The second-order valence-corrected chi connectivity index (χ2v) is 7.24. The summed E-state index contributed by atoms with van der Waals surface area (Å²) in [6, 6.07) is 6.02. The molecule has 0 atom stereocenters. The molecule has 7 nitrogen and oxygen atoms in total. The zero-order valence-electron chi connectivity index (χ0n) is 18.8. The molecule has 0 radical (unpaired) electrons. The number of hydrogen-bond donors (Lipinski definition) is 4. The molecule has 170 valence electrons. The molecule has 0 aliphatic heterocycles. The van der Waals surface area contributed by atoms with Crippen LogP contribution in [0.2, 0.25) is 0 Å². The lowest BCUT2D eigenvalue weighted by atomic mass is 9.98. The number of ether oxygens (including phenoxy) is 2. The summed E-state index contributed by atoms with van der Waals surface area (Å²) in [6.45, 7) is 7.99. The number of aliphatic imine (C=N–C) groups is 1. The van der Waals surface area contributed by atoms with Gasteiger partial charge in [-0.1, -0.05) is 13.8 Å². The number of fused-ring (bicyclic) bond motifs is 1. The molecule has 0 unspecified atom stereocenters. The van der Waals surface area contributed by atoms with Crippen molar-refractivity contribution in [3.8, 4) is 11.5 Å². The van der Waals surface area contributed by atoms with Gasteiger partial charge in [0, 0.05) is 36.3 Å². The summed E-state index contributed by atoms with van der Waals surface area (Å²) in [5.74, 6) is 2.33. The highest BCUT2D eigenvalue weighted by Gasteiger charge is 2.21. The normalized spacial score (nSPS) is 11.9. The topological polar surface area (TPSA) is 90.9 Å². The molecule has 0 fully saturated rings. The van der Waals surface area contributed by atoms with Crippen molar-refractivity contribution in [2.45, 2.75) is 52.1 Å². The number of aromatic nitrogens is 1. The molecule has 0 bridgehead atoms. The maximum atomic E-state index is 10.4. The summed E-state index contributed by atoms with van der Waals surface area (Å²) in [7, 11) is 3.33. The Hall–Kier alpha value is -1.68. The Morgan fingerprint density at radius 3 is 2.43 bits per heavy atom. The number of aryl methyl sites for hydroxylation is 1. The van der Waals surface area contributed by atoms with E-state index in [9.17, 15) is 5.11 Å². The molecule has 2 rings (SSSR count). The van der Waals surface area contributed by atoms with Crippen LogP contribution in [0, 0.1) is 0 Å². The van der Waals surface area contributed by atoms with Gasteiger partial charge in [0.2, 0.25) is 0 Å². The molecule has 1 aromatic carbocycles. The molecule has 0 saturated carbocycles. The molecule has 8 heteroatoms. The van der Waals surface area contributed by atoms with E-state index in [2.05, 4.69) is 26.7 Å². The summed E-state index contributed by atoms with van der Waals surface area (Å²) < 4.78 is 10.8. The van der Waals surface area contributed by atoms with Gasteiger partial charge in [-0.2, -0.15) is 0 Å². The quantitative estimate of drug-likeness (QED) is 0.153. The van der Waals surface area contributed by atoms with Crippen LogP contribution in [0.25, 0.3) is 10.9 Å². The molecule has 2 aromatic rings. The average Bonchev–Trinajstić information content (AvgIpc) is 3.16. The molecule has 1 heterocycles. The van der Waals surface area contributed by atoms with Crippen molar-refractivity contribution >= 4 is 40.8 Å². The zero-order chi connectivity index (χ0) is 21.3. The Morgan fingerprint density at radius 2 is 1.83 bits per heavy atom. The number of halogens is 1. The Bertz CT molecular complexity index is 803. The van der Waals surface area contributed by atoms with Crippen LogP contribution in [0.4, 0.5) is 0 Å². The minimum atomic E-state index is -0.729. The van der Waals surface area contributed by atoms with E-state index in [0.717, 1.165) is 60.0 Å². The molecule has 0 spiro atoms. The number of guanidine groups is 1. The van der Waals surface area contributed by atoms with E-state index in [1.807, 2.05) is 32.9 Å². The summed E-state index contributed by atoms with van der Waals surface area (Å²) in [5.41, 5.74) is 1.44. The van der Waals surface area contributed by atoms with Crippen molar-refractivity contribution in [2.24, 2.45) is 4.99 Å². The molecular formula is C22H37IN4O3. The third-order valence-electron chi connectivity index (χ3n) is 5.29. The van der Waals surface area contributed by atoms with Gasteiger partial charge in [-0.05, 0) is 38.7 Å². The Labute approximate surface area is 197 Å². The first-order valence-corrected chi connectivity index (χ1v) is 10.5. The van der Waals surface area contributed by atoms with Gasteiger partial charge in [0.25, 0.3) is 0 Å². The number of rotatable bonds is 11. The number of benzene rings is 1. The van der Waals surface area contributed by atoms with Gasteiger partial charge in [-0.25, -0.2) is 0 Å². The Morgan fingerprint density at radius 1 is 1.10 bits per heavy atom. The molecule has 30 heavy (non-hydrogen) atoms. The van der Waals surface area contributed by atoms with Crippen LogP contribution >= 0.6 is 24.0 Å². The standard InChI is InChI=1S/C22H36N4O3.HI/c1-6-22(27,7-2)15-25-21(23-8-3)24-11-9-10-16-12-18-19(26-16)13-17(28-4)14-20(18)29-5;/h12-14,26-27H,6-11,15H2,1-5H3,(H2,23,24,25);1H. The van der Waals surface area contributed by atoms with Gasteiger partial charge in [0.05, 0.1) is 31.9 Å². The molecule has 4 N–H and O–H groups in total. The number of hydrogen-bond acceptors (Lipinski definition) is 4. The first kappa shape index (κ1) is 26.4. The first-order chi connectivity index (χ1) is 14.0. The Kier molecular flexibility index (Phi) is 11.3. The van der Waals surface area contributed by atoms with Crippen LogP contribution in [0.5, 0.6) is 11.5 Å². The number of H-pyrrole nitrogens is 1. The van der Waals surface area contributed by atoms with Crippen LogP contribution in [0.1, 0.15) is 45.7 Å². The van der Waals surface area contributed by atoms with E-state index in [-0.39, 0.29) is 24.0 Å². The van der Waals surface area contributed by atoms with Crippen LogP contribution in [0.3, 0.4) is 0 Å². The maximum absolute atomic E-state index is 10.4. The second-order valence-electron chi connectivity index (χ2n) is 7.24. The number of aromatic amines is 1. The highest BCUT2D eigenvalue weighted by Crippen LogP contribution is 2.31. The highest BCUT2D eigenvalue weighted by molar-refractivity contribution is 14.0. The fraction of sp³-hybridized carbons (Fsp3) is 0.591. The lowest BCUT2D eigenvalue weighted by Gasteiger charge is -2.23. The molecule has 1 aromatic heterocycles. The first-order valence-electron chi connectivity index (χ1n) is 10.5. The number of nitrogens with zero attached hydrogens (tertiary/aromatic N) is 1. The van der Waals surface area contributed by atoms with E-state index in [4.69, 9.17) is 9.47 Å². The number of aliphatic hydroxyl groups is 1. The fourth-order valence-corrected chi connectivity index (χ4v) is 3.19. The van der Waals surface area contributed by atoms with Crippen molar-refractivity contribution in [3.63, 3.8) is 0 Å². The number of methoxy groups -OCH3 is 2. The van der Waals surface area contributed by atoms with Gasteiger partial charge in [0.1, 0.15) is 11.5 Å². The summed E-state index contributed by atoms with van der Waals surface area (Å²) >= 11 is 0. The van der Waals surface area contributed by atoms with Crippen molar-refractivity contribution in [1.82, 2.24) is 15.6 Å². The predicted molar refractivity (Wildman–Crippen MR) is 135 cm³/mol. The second kappa shape index (κ2) is 12.9. The molecule has 0 aliphatic rings. The van der Waals surface area contributed by atoms with Gasteiger partial charge < -0.3 is 30.2 Å². The maximum Gasteiger partial charge on any atom is 0.191 e. The van der Waals surface area contributed by atoms with Gasteiger partial charge >= 0.3 is 0 Å². The van der Waals surface area contributed by atoms with Crippen molar-refractivity contribution < 1.29 is 14.6 Å². The van der Waals surface area contributed by atoms with Crippen LogP contribution in [-0.2, 0) is 6.42 Å². The van der Waals surface area contributed by atoms with Crippen molar-refractivity contribution in [3.05, 3.63) is 23.9 Å². The highest BCUT2D eigenvalue weighted by atomic mass is 127. The van der Waals surface area contributed by atoms with E-state index in [1.165, 1.54) is 0 Å². The van der Waals surface area contributed by atoms with Crippen LogP contribution in [0.15, 0.2) is 23.2 Å². The largest absolute Gasteiger partial charge is 0.497 e. The van der Waals surface area contributed by atoms with Gasteiger partial charge in [0.15, 0.2) is 5.96 Å². The van der Waals surface area contributed by atoms with E-state index >= 15 is 0 Å². The smallest absolute Gasteiger partial charge is 0.191 e. The number of nitrogens with one attached hydrogen (secondary N) is 3. The summed E-state index contributed by atoms with van der Waals surface area (Å²) in [5, 5.41) is 18.1. The predicted octanol–water partition coefficient (Wildman–Crippen LogP) is 3.84. The van der Waals surface area contributed by atoms with Gasteiger partial charge in [-0.3, -0.25) is 4.99 Å². The van der Waals surface area contributed by atoms with E-state index < -0.39 is 5.60 Å². The van der Waals surface area contributed by atoms with Crippen LogP contribution in [-0.4, -0.2) is 55.5 Å². The fourth-order valence-electron chi connectivity index (χ4n) is 3.19. The third kappa shape index (κ3) is 7.23. The summed E-state index contributed by atoms with van der Waals surface area (Å²) in [6.07, 6.45) is 3.24. The SMILES string of the molecule is CCNC(=NCC(O)(CC)CC)NCCCc1cc2c(OC)cc(OC)cc2[nH]1.I. The zero-order valence-corrected chi connectivity index (χ0v) is 21.1. The van der Waals surface area contributed by atoms with E-state index in [0.29, 0.717) is 19.4 Å². The van der Waals surface area contributed by atoms with Crippen molar-refractivity contribution in [1.29, 1.82) is 0 Å². The average molecular weight is 532 g/mol. The summed E-state index contributed by atoms with van der Waals surface area (Å²) in [4.78, 5) is 8.01. The Balaban J connectivity index is 0.00000450. The molecule has 0 amide bonds. The third-order valence-corrected chi connectivity index (χ3v) is 5.29. The minimum Gasteiger partial charge on any atom is -0.497 e. The van der Waals surface area contributed by atoms with Gasteiger partial charge in [-0.15, -0.1) is 24.0 Å². The van der Waals surface area contributed by atoms with E-state index in [1.54, 1.807) is 14.2 Å². The molecular weight excluding hydrogens is 495 g/mol. The molecule has 0 aliphatic carbocycles. The lowest BCUT2D eigenvalue weighted by molar-refractivity contribution is 0.0418. The van der Waals surface area contributed by atoms with Crippen molar-refractivity contribution in [2.75, 3.05) is 33.9 Å². The lowest BCUT2D eigenvalue weighted by Crippen LogP contribution is -2.40. The molecule has 0 saturated heterocycles.